The van der Waals surface area contributed by atoms with E-state index in [0.717, 1.165) is 17.1 Å². The second kappa shape index (κ2) is 8.93. The predicted octanol–water partition coefficient (Wildman–Crippen LogP) is 1.99. The SMILES string of the molecule is C=CCOc1cccc([N+](=O)[O-])c1NS(=O)(=O)c1ncn(-c2nc(Cl)cc(OC)n2)n1. The standard InChI is InChI=1S/C16H14ClN7O6S/c1-3-7-30-11-6-4-5-10(24(25)26)14(11)22-31(27,28)16-18-9-23(21-16)15-19-12(17)8-13(20-15)29-2/h3-6,8-9,22H,1,7H2,2H3. The molecule has 3 rings (SSSR count). The summed E-state index contributed by atoms with van der Waals surface area (Å²) < 4.78 is 39.0. The van der Waals surface area contributed by atoms with Gasteiger partial charge in [-0.2, -0.15) is 23.1 Å². The number of rotatable bonds is 9. The smallest absolute Gasteiger partial charge is 0.299 e. The highest BCUT2D eigenvalue weighted by molar-refractivity contribution is 7.92. The first-order valence-electron chi connectivity index (χ1n) is 8.29. The van der Waals surface area contributed by atoms with Crippen LogP contribution < -0.4 is 14.2 Å². The highest BCUT2D eigenvalue weighted by Gasteiger charge is 2.28. The molecule has 0 bridgehead atoms. The Morgan fingerprint density at radius 2 is 2.16 bits per heavy atom. The van der Waals surface area contributed by atoms with E-state index in [0.29, 0.717) is 0 Å². The number of nitrogens with zero attached hydrogens (tertiary/aromatic N) is 6. The van der Waals surface area contributed by atoms with Crippen LogP contribution in [0.15, 0.2) is 48.4 Å². The van der Waals surface area contributed by atoms with Gasteiger partial charge in [0.1, 0.15) is 18.1 Å². The Morgan fingerprint density at radius 1 is 1.39 bits per heavy atom. The van der Waals surface area contributed by atoms with Crippen LogP contribution in [0, 0.1) is 10.1 Å². The van der Waals surface area contributed by atoms with Crippen molar-refractivity contribution in [1.29, 1.82) is 0 Å². The zero-order valence-electron chi connectivity index (χ0n) is 15.8. The number of para-hydroxylation sites is 1. The third-order valence-electron chi connectivity index (χ3n) is 3.58. The fourth-order valence-electron chi connectivity index (χ4n) is 2.28. The molecule has 13 nitrogen and oxygen atoms in total. The lowest BCUT2D eigenvalue weighted by Crippen LogP contribution is -2.17. The van der Waals surface area contributed by atoms with Gasteiger partial charge in [-0.15, -0.1) is 5.10 Å². The molecule has 0 aliphatic heterocycles. The number of sulfonamides is 1. The van der Waals surface area contributed by atoms with Gasteiger partial charge in [0, 0.05) is 12.1 Å². The second-order valence-electron chi connectivity index (χ2n) is 5.62. The number of hydrogen-bond acceptors (Lipinski definition) is 10. The fraction of sp³-hybridized carbons (Fsp3) is 0.125. The molecular weight excluding hydrogens is 454 g/mol. The average Bonchev–Trinajstić information content (AvgIpc) is 3.23. The molecule has 0 radical (unpaired) electrons. The van der Waals surface area contributed by atoms with Gasteiger partial charge in [0.2, 0.25) is 5.88 Å². The third kappa shape index (κ3) is 4.87. The molecule has 0 spiro atoms. The Labute approximate surface area is 180 Å². The molecule has 0 saturated carbocycles. The molecule has 0 unspecified atom stereocenters. The molecule has 162 valence electrons. The summed E-state index contributed by atoms with van der Waals surface area (Å²) >= 11 is 5.88. The van der Waals surface area contributed by atoms with E-state index < -0.39 is 25.8 Å². The number of methoxy groups -OCH3 is 1. The van der Waals surface area contributed by atoms with Crippen molar-refractivity contribution in [2.45, 2.75) is 5.16 Å². The number of nitro groups is 1. The van der Waals surface area contributed by atoms with Gasteiger partial charge in [0.05, 0.1) is 12.0 Å². The van der Waals surface area contributed by atoms with Crippen molar-refractivity contribution >= 4 is 33.0 Å². The summed E-state index contributed by atoms with van der Waals surface area (Å²) in [5.74, 6) is -0.0454. The van der Waals surface area contributed by atoms with Crippen molar-refractivity contribution in [2.75, 3.05) is 18.4 Å². The van der Waals surface area contributed by atoms with Gasteiger partial charge in [0.25, 0.3) is 26.8 Å². The molecular formula is C16H14ClN7O6S. The van der Waals surface area contributed by atoms with Gasteiger partial charge in [-0.1, -0.05) is 30.3 Å². The minimum atomic E-state index is -4.45. The third-order valence-corrected chi connectivity index (χ3v) is 4.91. The Balaban J connectivity index is 1.98. The topological polar surface area (TPSA) is 164 Å². The molecule has 0 aliphatic rings. The summed E-state index contributed by atoms with van der Waals surface area (Å²) in [5.41, 5.74) is -0.904. The molecule has 15 heteroatoms. The van der Waals surface area contributed by atoms with Gasteiger partial charge < -0.3 is 9.47 Å². The van der Waals surface area contributed by atoms with Crippen LogP contribution in [0.25, 0.3) is 5.95 Å². The van der Waals surface area contributed by atoms with E-state index in [1.807, 2.05) is 0 Å². The van der Waals surface area contributed by atoms with Gasteiger partial charge in [-0.05, 0) is 6.07 Å². The quantitative estimate of drug-likeness (QED) is 0.213. The maximum Gasteiger partial charge on any atom is 0.299 e. The predicted molar refractivity (Wildman–Crippen MR) is 108 cm³/mol. The van der Waals surface area contributed by atoms with Crippen LogP contribution in [-0.2, 0) is 10.0 Å². The molecule has 3 aromatic rings. The van der Waals surface area contributed by atoms with Crippen LogP contribution in [0.2, 0.25) is 5.15 Å². The lowest BCUT2D eigenvalue weighted by atomic mass is 10.2. The summed E-state index contributed by atoms with van der Waals surface area (Å²) in [7, 11) is -3.09. The number of anilines is 1. The molecule has 31 heavy (non-hydrogen) atoms. The van der Waals surface area contributed by atoms with Crippen LogP contribution in [0.3, 0.4) is 0 Å². The number of ether oxygens (including phenoxy) is 2. The van der Waals surface area contributed by atoms with Crippen LogP contribution in [0.4, 0.5) is 11.4 Å². The van der Waals surface area contributed by atoms with Crippen molar-refractivity contribution in [3.63, 3.8) is 0 Å². The van der Waals surface area contributed by atoms with Crippen LogP contribution in [0.5, 0.6) is 11.6 Å². The molecule has 0 fully saturated rings. The summed E-state index contributed by atoms with van der Waals surface area (Å²) in [6.07, 6.45) is 2.44. The first-order chi connectivity index (χ1) is 14.7. The van der Waals surface area contributed by atoms with E-state index in [1.54, 1.807) is 0 Å². The van der Waals surface area contributed by atoms with Crippen LogP contribution in [-0.4, -0.2) is 51.8 Å². The minimum absolute atomic E-state index is 0.00326. The van der Waals surface area contributed by atoms with Crippen molar-refractivity contribution < 1.29 is 22.8 Å². The summed E-state index contributed by atoms with van der Waals surface area (Å²) in [6, 6.07) is 5.19. The van der Waals surface area contributed by atoms with E-state index in [9.17, 15) is 18.5 Å². The Morgan fingerprint density at radius 3 is 2.84 bits per heavy atom. The zero-order valence-corrected chi connectivity index (χ0v) is 17.4. The maximum atomic E-state index is 12.8. The number of aromatic nitrogens is 5. The number of nitro benzene ring substituents is 1. The number of benzene rings is 1. The van der Waals surface area contributed by atoms with Crippen LogP contribution >= 0.6 is 11.6 Å². The molecule has 0 saturated heterocycles. The second-order valence-corrected chi connectivity index (χ2v) is 7.58. The molecule has 1 aromatic carbocycles. The van der Waals surface area contributed by atoms with E-state index in [-0.39, 0.29) is 35.0 Å². The molecule has 0 aliphatic carbocycles. The lowest BCUT2D eigenvalue weighted by molar-refractivity contribution is -0.383. The maximum absolute atomic E-state index is 12.8. The monoisotopic (exact) mass is 467 g/mol. The summed E-state index contributed by atoms with van der Waals surface area (Å²) in [5, 5.41) is 14.5. The minimum Gasteiger partial charge on any atom is -0.487 e. The first kappa shape index (κ1) is 21.9. The van der Waals surface area contributed by atoms with Gasteiger partial charge in [0.15, 0.2) is 11.4 Å². The van der Waals surface area contributed by atoms with Crippen molar-refractivity contribution in [2.24, 2.45) is 0 Å². The molecule has 2 aromatic heterocycles. The van der Waals surface area contributed by atoms with Crippen LogP contribution in [0.1, 0.15) is 0 Å². The molecule has 2 heterocycles. The summed E-state index contributed by atoms with van der Waals surface area (Å²) in [6.45, 7) is 3.48. The number of nitrogens with one attached hydrogen (secondary N) is 1. The molecule has 0 amide bonds. The fourth-order valence-corrected chi connectivity index (χ4v) is 3.40. The molecule has 1 N–H and O–H groups in total. The Bertz CT molecular complexity index is 1250. The average molecular weight is 468 g/mol. The number of halogens is 1. The normalized spacial score (nSPS) is 11.0. The van der Waals surface area contributed by atoms with Crippen molar-refractivity contribution in [3.8, 4) is 17.6 Å². The zero-order chi connectivity index (χ0) is 22.6. The van der Waals surface area contributed by atoms with Crippen molar-refractivity contribution in [3.05, 3.63) is 58.5 Å². The van der Waals surface area contributed by atoms with E-state index >= 15 is 0 Å². The summed E-state index contributed by atoms with van der Waals surface area (Å²) in [4.78, 5) is 22.3. The Hall–Kier alpha value is -3.78. The largest absolute Gasteiger partial charge is 0.487 e. The van der Waals surface area contributed by atoms with Gasteiger partial charge in [-0.25, -0.2) is 4.98 Å². The van der Waals surface area contributed by atoms with Gasteiger partial charge in [-0.3, -0.25) is 14.8 Å². The Kier molecular flexibility index (Phi) is 6.31. The first-order valence-corrected chi connectivity index (χ1v) is 10.2. The molecule has 0 atom stereocenters. The highest BCUT2D eigenvalue weighted by Crippen LogP contribution is 2.35. The van der Waals surface area contributed by atoms with Crippen molar-refractivity contribution in [1.82, 2.24) is 24.7 Å². The number of hydrogen-bond donors (Lipinski definition) is 1. The lowest BCUT2D eigenvalue weighted by Gasteiger charge is -2.11. The van der Waals surface area contributed by atoms with E-state index in [4.69, 9.17) is 21.1 Å². The van der Waals surface area contributed by atoms with E-state index in [1.165, 1.54) is 31.4 Å². The highest BCUT2D eigenvalue weighted by atomic mass is 35.5. The van der Waals surface area contributed by atoms with Gasteiger partial charge >= 0.3 is 0 Å². The van der Waals surface area contributed by atoms with E-state index in [2.05, 4.69) is 31.4 Å².